The highest BCUT2D eigenvalue weighted by atomic mass is 32.2. The zero-order valence-electron chi connectivity index (χ0n) is 23.0. The Morgan fingerprint density at radius 2 is 1.92 bits per heavy atom. The molecular weight excluding hydrogens is 532 g/mol. The molecule has 1 atom stereocenters. The van der Waals surface area contributed by atoms with E-state index in [0.717, 1.165) is 42.3 Å². The van der Waals surface area contributed by atoms with Gasteiger partial charge in [0.1, 0.15) is 5.76 Å². The molecule has 0 unspecified atom stereocenters. The van der Waals surface area contributed by atoms with E-state index in [0.29, 0.717) is 32.4 Å². The van der Waals surface area contributed by atoms with Crippen LogP contribution in [0.1, 0.15) is 44.1 Å². The number of thiazole rings is 1. The number of benzene rings is 1. The van der Waals surface area contributed by atoms with Gasteiger partial charge in [0.05, 0.1) is 28.5 Å². The van der Waals surface area contributed by atoms with Crippen LogP contribution in [0.15, 0.2) is 66.8 Å². The third-order valence-electron chi connectivity index (χ3n) is 7.34. The van der Waals surface area contributed by atoms with E-state index < -0.39 is 12.0 Å². The topological polar surface area (TPSA) is 80.3 Å². The van der Waals surface area contributed by atoms with Gasteiger partial charge in [0.15, 0.2) is 10.7 Å². The maximum atomic E-state index is 13.8. The zero-order valence-corrected chi connectivity index (χ0v) is 24.6. The average Bonchev–Trinajstić information content (AvgIpc) is 3.52. The molecule has 2 aromatic heterocycles. The molecule has 5 rings (SSSR count). The van der Waals surface area contributed by atoms with Gasteiger partial charge in [-0.1, -0.05) is 23.5 Å². The second-order valence-corrected chi connectivity index (χ2v) is 11.8. The summed E-state index contributed by atoms with van der Waals surface area (Å²) in [6.07, 6.45) is 5.96. The van der Waals surface area contributed by atoms with Crippen molar-refractivity contribution >= 4 is 41.0 Å². The van der Waals surface area contributed by atoms with Crippen LogP contribution in [0.5, 0.6) is 0 Å². The lowest BCUT2D eigenvalue weighted by atomic mass is 9.96. The van der Waals surface area contributed by atoms with Gasteiger partial charge in [0, 0.05) is 36.2 Å². The molecule has 0 amide bonds. The van der Waals surface area contributed by atoms with Crippen molar-refractivity contribution in [3.05, 3.63) is 78.7 Å². The molecule has 0 radical (unpaired) electrons. The Morgan fingerprint density at radius 3 is 2.56 bits per heavy atom. The Balaban J connectivity index is 1.52. The summed E-state index contributed by atoms with van der Waals surface area (Å²) in [5, 5.41) is 0. The van der Waals surface area contributed by atoms with E-state index in [1.165, 1.54) is 11.3 Å². The molecule has 0 N–H and O–H groups in total. The maximum Gasteiger partial charge on any atom is 0.338 e. The first-order valence-electron chi connectivity index (χ1n) is 13.2. The summed E-state index contributed by atoms with van der Waals surface area (Å²) in [5.41, 5.74) is 1.56. The van der Waals surface area contributed by atoms with Crippen molar-refractivity contribution in [1.29, 1.82) is 0 Å². The molecule has 206 valence electrons. The number of piperidine rings is 1. The fraction of sp³-hybridized carbons (Fsp3) is 0.414. The number of thioether (sulfide) groups is 1. The van der Waals surface area contributed by atoms with Crippen molar-refractivity contribution in [2.45, 2.75) is 43.7 Å². The minimum absolute atomic E-state index is 0.211. The second kappa shape index (κ2) is 11.6. The number of nitrogens with zero attached hydrogens (tertiary/aromatic N) is 4. The number of hydrogen-bond acceptors (Lipinski definition) is 9. The molecule has 10 heteroatoms. The molecule has 3 aromatic rings. The smallest absolute Gasteiger partial charge is 0.338 e. The fourth-order valence-corrected chi connectivity index (χ4v) is 6.65. The summed E-state index contributed by atoms with van der Waals surface area (Å²) in [7, 11) is 4.25. The number of rotatable bonds is 7. The van der Waals surface area contributed by atoms with E-state index in [-0.39, 0.29) is 12.2 Å². The number of aromatic nitrogens is 1. The predicted octanol–water partition coefficient (Wildman–Crippen LogP) is 3.64. The number of allylic oxidation sites excluding steroid dienone is 1. The molecule has 4 heterocycles. The predicted molar refractivity (Wildman–Crippen MR) is 156 cm³/mol. The van der Waals surface area contributed by atoms with Crippen molar-refractivity contribution < 1.29 is 13.9 Å². The van der Waals surface area contributed by atoms with Crippen molar-refractivity contribution in [1.82, 2.24) is 9.47 Å². The van der Waals surface area contributed by atoms with Crippen LogP contribution in [0.2, 0.25) is 0 Å². The number of carbonyl (C=O) groups excluding carboxylic acids is 1. The van der Waals surface area contributed by atoms with Crippen molar-refractivity contribution in [2.75, 3.05) is 44.9 Å². The van der Waals surface area contributed by atoms with Gasteiger partial charge in [-0.2, -0.15) is 0 Å². The van der Waals surface area contributed by atoms with Crippen molar-refractivity contribution in [2.24, 2.45) is 4.99 Å². The number of esters is 1. The maximum absolute atomic E-state index is 13.8. The van der Waals surface area contributed by atoms with Gasteiger partial charge in [-0.3, -0.25) is 9.36 Å². The molecular formula is C29H34N4O4S2. The van der Waals surface area contributed by atoms with E-state index >= 15 is 0 Å². The van der Waals surface area contributed by atoms with E-state index in [4.69, 9.17) is 9.15 Å². The zero-order chi connectivity index (χ0) is 27.7. The van der Waals surface area contributed by atoms with Crippen molar-refractivity contribution in [3.63, 3.8) is 0 Å². The largest absolute Gasteiger partial charge is 0.463 e. The van der Waals surface area contributed by atoms with Gasteiger partial charge in [-0.05, 0) is 70.8 Å². The van der Waals surface area contributed by atoms with Crippen LogP contribution in [0.3, 0.4) is 0 Å². The minimum Gasteiger partial charge on any atom is -0.463 e. The molecule has 8 nitrogen and oxygen atoms in total. The van der Waals surface area contributed by atoms with Gasteiger partial charge in [-0.15, -0.1) is 11.8 Å². The molecule has 0 saturated carbocycles. The SMILES string of the molecule is CCOC(=O)C1=C(C)N=c2s/c(=C\c3ccc(N4CCC(N(C)C)CC4)o3)c(=O)n2[C@H]1c1ccc(SC)cc1. The molecule has 1 aromatic carbocycles. The molecule has 39 heavy (non-hydrogen) atoms. The number of hydrogen-bond donors (Lipinski definition) is 0. The Bertz CT molecular complexity index is 1560. The van der Waals surface area contributed by atoms with Gasteiger partial charge >= 0.3 is 5.97 Å². The number of fused-ring (bicyclic) bond motifs is 1. The first kappa shape index (κ1) is 27.5. The summed E-state index contributed by atoms with van der Waals surface area (Å²) in [6, 6.07) is 11.8. The highest BCUT2D eigenvalue weighted by Gasteiger charge is 2.33. The van der Waals surface area contributed by atoms with Crippen LogP contribution in [-0.4, -0.2) is 61.5 Å². The molecule has 2 aliphatic heterocycles. The highest BCUT2D eigenvalue weighted by Crippen LogP contribution is 2.32. The lowest BCUT2D eigenvalue weighted by molar-refractivity contribution is -0.139. The quantitative estimate of drug-likeness (QED) is 0.319. The van der Waals surface area contributed by atoms with Crippen LogP contribution < -0.4 is 19.8 Å². The van der Waals surface area contributed by atoms with E-state index in [9.17, 15) is 9.59 Å². The Morgan fingerprint density at radius 1 is 1.21 bits per heavy atom. The van der Waals surface area contributed by atoms with Crippen LogP contribution in [0.4, 0.5) is 5.88 Å². The van der Waals surface area contributed by atoms with Gasteiger partial charge < -0.3 is 19.0 Å². The standard InChI is InChI=1S/C29H34N4O4S2/c1-6-36-28(35)25-18(2)30-29-33(26(25)19-7-10-22(38-5)11-8-19)27(34)23(39-29)17-21-9-12-24(37-21)32-15-13-20(14-16-32)31(3)4/h7-12,17,20,26H,6,13-16H2,1-5H3/b23-17-/t26-/m0/s1. The number of carbonyl (C=O) groups is 1. The molecule has 1 saturated heterocycles. The Labute approximate surface area is 236 Å². The molecule has 2 aliphatic rings. The minimum atomic E-state index is -0.622. The van der Waals surface area contributed by atoms with E-state index in [1.807, 2.05) is 42.7 Å². The highest BCUT2D eigenvalue weighted by molar-refractivity contribution is 7.98. The monoisotopic (exact) mass is 566 g/mol. The average molecular weight is 567 g/mol. The summed E-state index contributed by atoms with van der Waals surface area (Å²) in [6.45, 7) is 5.68. The normalized spacial score (nSPS) is 18.5. The first-order valence-corrected chi connectivity index (χ1v) is 15.2. The third-order valence-corrected chi connectivity index (χ3v) is 9.07. The number of furan rings is 1. The van der Waals surface area contributed by atoms with Crippen molar-refractivity contribution in [3.8, 4) is 0 Å². The van der Waals surface area contributed by atoms with Crippen LogP contribution in [0.25, 0.3) is 6.08 Å². The summed E-state index contributed by atoms with van der Waals surface area (Å²) in [4.78, 5) is 37.7. The first-order chi connectivity index (χ1) is 18.8. The van der Waals surface area contributed by atoms with Crippen LogP contribution >= 0.6 is 23.1 Å². The number of ether oxygens (including phenoxy) is 1. The lowest BCUT2D eigenvalue weighted by Gasteiger charge is -2.35. The summed E-state index contributed by atoms with van der Waals surface area (Å²) >= 11 is 2.94. The third kappa shape index (κ3) is 5.50. The molecule has 0 bridgehead atoms. The summed E-state index contributed by atoms with van der Waals surface area (Å²) in [5.74, 6) is 0.978. The van der Waals surface area contributed by atoms with Gasteiger partial charge in [-0.25, -0.2) is 9.79 Å². The Kier molecular flexibility index (Phi) is 8.16. The van der Waals surface area contributed by atoms with Crippen LogP contribution in [0, 0.1) is 0 Å². The van der Waals surface area contributed by atoms with Crippen LogP contribution in [-0.2, 0) is 9.53 Å². The molecule has 0 spiro atoms. The Hall–Kier alpha value is -3.08. The summed E-state index contributed by atoms with van der Waals surface area (Å²) < 4.78 is 13.7. The second-order valence-electron chi connectivity index (χ2n) is 9.93. The lowest BCUT2D eigenvalue weighted by Crippen LogP contribution is -2.41. The van der Waals surface area contributed by atoms with Gasteiger partial charge in [0.25, 0.3) is 5.56 Å². The molecule has 1 fully saturated rings. The van der Waals surface area contributed by atoms with Gasteiger partial charge in [0.2, 0.25) is 0 Å². The fourth-order valence-electron chi connectivity index (χ4n) is 5.21. The number of anilines is 1. The van der Waals surface area contributed by atoms with E-state index in [2.05, 4.69) is 28.9 Å². The molecule has 0 aliphatic carbocycles. The van der Waals surface area contributed by atoms with E-state index in [1.54, 1.807) is 36.3 Å².